The zero-order valence-electron chi connectivity index (χ0n) is 11.2. The second-order valence-corrected chi connectivity index (χ2v) is 5.93. The second-order valence-electron chi connectivity index (χ2n) is 4.41. The zero-order valence-corrected chi connectivity index (χ0v) is 12.7. The molecule has 1 aromatic carbocycles. The molecule has 1 aromatic heterocycles. The number of aliphatic carboxylic acids is 1. The molecule has 22 heavy (non-hydrogen) atoms. The molecule has 2 N–H and O–H groups in total. The van der Waals surface area contributed by atoms with E-state index in [0.29, 0.717) is 10.6 Å². The number of aromatic nitrogens is 1. The Kier molecular flexibility index (Phi) is 4.62. The van der Waals surface area contributed by atoms with Gasteiger partial charge in [-0.2, -0.15) is 13.2 Å². The predicted molar refractivity (Wildman–Crippen MR) is 77.9 cm³/mol. The van der Waals surface area contributed by atoms with Crippen LogP contribution in [0.1, 0.15) is 16.1 Å². The molecule has 0 bridgehead atoms. The minimum atomic E-state index is -4.57. The van der Waals surface area contributed by atoms with Crippen molar-refractivity contribution in [3.63, 3.8) is 0 Å². The van der Waals surface area contributed by atoms with Crippen molar-refractivity contribution in [3.05, 3.63) is 39.4 Å². The summed E-state index contributed by atoms with van der Waals surface area (Å²) in [6, 6.07) is 3.36. The maximum atomic E-state index is 13.0. The second kappa shape index (κ2) is 6.13. The van der Waals surface area contributed by atoms with Crippen molar-refractivity contribution in [1.82, 2.24) is 4.98 Å². The number of rotatable bonds is 4. The molecule has 2 rings (SSSR count). The Morgan fingerprint density at radius 1 is 1.45 bits per heavy atom. The van der Waals surface area contributed by atoms with Gasteiger partial charge in [-0.25, -0.2) is 4.98 Å². The van der Waals surface area contributed by atoms with Crippen molar-refractivity contribution in [2.45, 2.75) is 19.5 Å². The topological polar surface area (TPSA) is 62.2 Å². The molecule has 0 unspecified atom stereocenters. The normalized spacial score (nSPS) is 11.5. The molecule has 0 saturated carbocycles. The number of nitrogens with one attached hydrogen (secondary N) is 1. The maximum Gasteiger partial charge on any atom is 0.418 e. The molecule has 0 atom stereocenters. The number of anilines is 2. The Morgan fingerprint density at radius 3 is 2.73 bits per heavy atom. The van der Waals surface area contributed by atoms with Crippen LogP contribution in [0.3, 0.4) is 0 Å². The number of hydrogen-bond donors (Lipinski definition) is 2. The lowest BCUT2D eigenvalue weighted by Crippen LogP contribution is -2.08. The first-order chi connectivity index (χ1) is 10.2. The Balaban J connectivity index is 2.33. The van der Waals surface area contributed by atoms with Gasteiger partial charge in [0.2, 0.25) is 0 Å². The molecule has 9 heteroatoms. The molecule has 0 radical (unpaired) electrons. The number of carbonyl (C=O) groups is 1. The van der Waals surface area contributed by atoms with Crippen molar-refractivity contribution in [2.75, 3.05) is 5.32 Å². The number of benzene rings is 1. The van der Waals surface area contributed by atoms with Gasteiger partial charge in [0.15, 0.2) is 5.13 Å². The molecule has 1 heterocycles. The maximum absolute atomic E-state index is 13.0. The van der Waals surface area contributed by atoms with Crippen LogP contribution in [-0.2, 0) is 17.4 Å². The standard InChI is InChI=1S/C13H10ClF3N2O2S/c1-6-10(5-11(20)21)22-12(18-6)19-9-3-2-7(14)4-8(9)13(15,16)17/h2-4H,5H2,1H3,(H,18,19)(H,20,21). The lowest BCUT2D eigenvalue weighted by molar-refractivity contribution is -0.137. The van der Waals surface area contributed by atoms with Gasteiger partial charge in [-0.1, -0.05) is 11.6 Å². The number of nitrogens with zero attached hydrogens (tertiary/aromatic N) is 1. The van der Waals surface area contributed by atoms with Gasteiger partial charge in [-0.05, 0) is 25.1 Å². The SMILES string of the molecule is Cc1nc(Nc2ccc(Cl)cc2C(F)(F)F)sc1CC(=O)O. The number of carboxylic acids is 1. The minimum Gasteiger partial charge on any atom is -0.481 e. The monoisotopic (exact) mass is 350 g/mol. The van der Waals surface area contributed by atoms with Crippen molar-refractivity contribution in [3.8, 4) is 0 Å². The summed E-state index contributed by atoms with van der Waals surface area (Å²) in [5.41, 5.74) is -0.627. The van der Waals surface area contributed by atoms with E-state index < -0.39 is 17.7 Å². The Labute approximate surface area is 132 Å². The molecule has 0 aliphatic carbocycles. The van der Waals surface area contributed by atoms with E-state index in [0.717, 1.165) is 17.4 Å². The molecule has 0 amide bonds. The van der Waals surface area contributed by atoms with Crippen LogP contribution in [0.4, 0.5) is 24.0 Å². The van der Waals surface area contributed by atoms with Gasteiger partial charge in [0.25, 0.3) is 0 Å². The van der Waals surface area contributed by atoms with Gasteiger partial charge in [0.1, 0.15) is 0 Å². The molecule has 0 fully saturated rings. The molecule has 0 aliphatic rings. The summed E-state index contributed by atoms with van der Waals surface area (Å²) >= 11 is 6.61. The molecule has 0 aliphatic heterocycles. The first-order valence-electron chi connectivity index (χ1n) is 5.98. The van der Waals surface area contributed by atoms with Crippen molar-refractivity contribution < 1.29 is 23.1 Å². The lowest BCUT2D eigenvalue weighted by atomic mass is 10.1. The van der Waals surface area contributed by atoms with E-state index in [9.17, 15) is 18.0 Å². The van der Waals surface area contributed by atoms with Gasteiger partial charge in [0.05, 0.1) is 23.4 Å². The van der Waals surface area contributed by atoms with Crippen LogP contribution in [0.15, 0.2) is 18.2 Å². The average molecular weight is 351 g/mol. The summed E-state index contributed by atoms with van der Waals surface area (Å²) in [5, 5.41) is 11.5. The minimum absolute atomic E-state index is 0.0280. The fourth-order valence-corrected chi connectivity index (χ4v) is 2.90. The highest BCUT2D eigenvalue weighted by atomic mass is 35.5. The van der Waals surface area contributed by atoms with E-state index in [-0.39, 0.29) is 22.3 Å². The summed E-state index contributed by atoms with van der Waals surface area (Å²) in [6.07, 6.45) is -4.79. The molecular weight excluding hydrogens is 341 g/mol. The van der Waals surface area contributed by atoms with Crippen LogP contribution in [0.2, 0.25) is 5.02 Å². The van der Waals surface area contributed by atoms with Crippen LogP contribution in [0, 0.1) is 6.92 Å². The highest BCUT2D eigenvalue weighted by molar-refractivity contribution is 7.15. The van der Waals surface area contributed by atoms with Gasteiger partial charge >= 0.3 is 12.1 Å². The number of hydrogen-bond acceptors (Lipinski definition) is 4. The number of alkyl halides is 3. The Hall–Kier alpha value is -1.80. The molecule has 4 nitrogen and oxygen atoms in total. The highest BCUT2D eigenvalue weighted by Gasteiger charge is 2.34. The van der Waals surface area contributed by atoms with Crippen LogP contribution < -0.4 is 5.32 Å². The van der Waals surface area contributed by atoms with E-state index >= 15 is 0 Å². The first kappa shape index (κ1) is 16.6. The van der Waals surface area contributed by atoms with Crippen molar-refractivity contribution in [2.24, 2.45) is 0 Å². The first-order valence-corrected chi connectivity index (χ1v) is 7.18. The van der Waals surface area contributed by atoms with Gasteiger partial charge in [0, 0.05) is 9.90 Å². The van der Waals surface area contributed by atoms with Crippen LogP contribution in [-0.4, -0.2) is 16.1 Å². The third-order valence-corrected chi connectivity index (χ3v) is 4.04. The zero-order chi connectivity index (χ0) is 16.5. The summed E-state index contributed by atoms with van der Waals surface area (Å²) in [5.74, 6) is -1.03. The van der Waals surface area contributed by atoms with E-state index in [2.05, 4.69) is 10.3 Å². The van der Waals surface area contributed by atoms with Crippen molar-refractivity contribution in [1.29, 1.82) is 0 Å². The molecule has 0 saturated heterocycles. The summed E-state index contributed by atoms with van der Waals surface area (Å²) in [6.45, 7) is 1.60. The van der Waals surface area contributed by atoms with Crippen LogP contribution >= 0.6 is 22.9 Å². The Bertz CT molecular complexity index is 716. The third-order valence-electron chi connectivity index (χ3n) is 2.73. The molecule has 0 spiro atoms. The summed E-state index contributed by atoms with van der Waals surface area (Å²) < 4.78 is 39.0. The largest absolute Gasteiger partial charge is 0.481 e. The summed E-state index contributed by atoms with van der Waals surface area (Å²) in [4.78, 5) is 15.2. The number of thiazole rings is 1. The summed E-state index contributed by atoms with van der Waals surface area (Å²) in [7, 11) is 0. The van der Waals surface area contributed by atoms with Gasteiger partial charge in [-0.3, -0.25) is 4.79 Å². The Morgan fingerprint density at radius 2 is 2.14 bits per heavy atom. The number of carboxylic acid groups (broad SMARTS) is 1. The fraction of sp³-hybridized carbons (Fsp3) is 0.231. The molecule has 118 valence electrons. The molecular formula is C13H10ClF3N2O2S. The predicted octanol–water partition coefficient (Wildman–Crippen LogP) is 4.49. The lowest BCUT2D eigenvalue weighted by Gasteiger charge is -2.13. The van der Waals surface area contributed by atoms with E-state index in [1.165, 1.54) is 12.1 Å². The number of aryl methyl sites for hydroxylation is 1. The van der Waals surface area contributed by atoms with Crippen molar-refractivity contribution >= 4 is 39.7 Å². The molecule has 2 aromatic rings. The quantitative estimate of drug-likeness (QED) is 0.852. The van der Waals surface area contributed by atoms with Crippen LogP contribution in [0.25, 0.3) is 0 Å². The van der Waals surface area contributed by atoms with Gasteiger partial charge < -0.3 is 10.4 Å². The average Bonchev–Trinajstić information content (AvgIpc) is 2.70. The fourth-order valence-electron chi connectivity index (χ4n) is 1.76. The van der Waals surface area contributed by atoms with E-state index in [1.54, 1.807) is 6.92 Å². The third kappa shape index (κ3) is 3.89. The smallest absolute Gasteiger partial charge is 0.418 e. The van der Waals surface area contributed by atoms with Gasteiger partial charge in [-0.15, -0.1) is 11.3 Å². The highest BCUT2D eigenvalue weighted by Crippen LogP contribution is 2.38. The van der Waals surface area contributed by atoms with E-state index in [4.69, 9.17) is 16.7 Å². The number of halogens is 4. The van der Waals surface area contributed by atoms with E-state index in [1.807, 2.05) is 0 Å². The van der Waals surface area contributed by atoms with Crippen LogP contribution in [0.5, 0.6) is 0 Å².